The summed E-state index contributed by atoms with van der Waals surface area (Å²) < 4.78 is 0. The van der Waals surface area contributed by atoms with Gasteiger partial charge in [-0.2, -0.15) is 0 Å². The lowest BCUT2D eigenvalue weighted by Gasteiger charge is -2.26. The number of hydrogen-bond donors (Lipinski definition) is 1. The minimum absolute atomic E-state index is 0.566. The molecule has 2 nitrogen and oxygen atoms in total. The maximum atomic E-state index is 8.35. The van der Waals surface area contributed by atoms with Gasteiger partial charge >= 0.3 is 0 Å². The Hall–Kier alpha value is -1.31. The average Bonchev–Trinajstić information content (AvgIpc) is 2.62. The van der Waals surface area contributed by atoms with Crippen molar-refractivity contribution in [3.8, 4) is 0 Å². The summed E-state index contributed by atoms with van der Waals surface area (Å²) in [5.74, 6) is 4.03. The lowest BCUT2D eigenvalue weighted by Crippen LogP contribution is -2.25. The van der Waals surface area contributed by atoms with E-state index in [1.165, 1.54) is 5.56 Å². The normalized spacial score (nSPS) is 33.2. The van der Waals surface area contributed by atoms with Crippen molar-refractivity contribution < 1.29 is 0 Å². The molecule has 1 saturated carbocycles. The molecule has 0 bridgehead atoms. The Morgan fingerprint density at radius 3 is 1.90 bits per heavy atom. The fourth-order valence-corrected chi connectivity index (χ4v) is 3.90. The fraction of sp³-hybridized carbons (Fsp3) is 0.611. The van der Waals surface area contributed by atoms with Gasteiger partial charge in [0.2, 0.25) is 0 Å². The molecular formula is C18H28N2. The Bertz CT molecular complexity index is 478. The SMILES string of the molecule is CC1C(C)C(C)C(c2ccccc2C(=N)N(C)C)C1C. The molecule has 0 saturated heterocycles. The Balaban J connectivity index is 2.46. The lowest BCUT2D eigenvalue weighted by molar-refractivity contribution is 0.352. The maximum absolute atomic E-state index is 8.35. The van der Waals surface area contributed by atoms with Crippen molar-refractivity contribution in [2.45, 2.75) is 33.6 Å². The number of nitrogens with one attached hydrogen (secondary N) is 1. The molecule has 4 unspecified atom stereocenters. The highest BCUT2D eigenvalue weighted by Crippen LogP contribution is 2.51. The minimum atomic E-state index is 0.566. The summed E-state index contributed by atoms with van der Waals surface area (Å²) in [6, 6.07) is 8.50. The van der Waals surface area contributed by atoms with Crippen molar-refractivity contribution in [1.82, 2.24) is 4.90 Å². The van der Waals surface area contributed by atoms with Crippen LogP contribution < -0.4 is 0 Å². The smallest absolute Gasteiger partial charge is 0.127 e. The Labute approximate surface area is 123 Å². The maximum Gasteiger partial charge on any atom is 0.127 e. The summed E-state index contributed by atoms with van der Waals surface area (Å²) >= 11 is 0. The number of hydrogen-bond acceptors (Lipinski definition) is 1. The number of amidine groups is 1. The second kappa shape index (κ2) is 5.59. The van der Waals surface area contributed by atoms with Crippen LogP contribution in [0.3, 0.4) is 0 Å². The van der Waals surface area contributed by atoms with E-state index < -0.39 is 0 Å². The van der Waals surface area contributed by atoms with Gasteiger partial charge in [0.15, 0.2) is 0 Å². The second-order valence-electron chi connectivity index (χ2n) is 6.79. The van der Waals surface area contributed by atoms with Crippen molar-refractivity contribution in [2.75, 3.05) is 14.1 Å². The van der Waals surface area contributed by atoms with Gasteiger partial charge in [-0.3, -0.25) is 5.41 Å². The van der Waals surface area contributed by atoms with E-state index in [1.807, 2.05) is 25.1 Å². The van der Waals surface area contributed by atoms with E-state index >= 15 is 0 Å². The molecule has 4 atom stereocenters. The summed E-state index contributed by atoms with van der Waals surface area (Å²) in [5, 5.41) is 8.35. The van der Waals surface area contributed by atoms with Crippen LogP contribution in [0.4, 0.5) is 0 Å². The van der Waals surface area contributed by atoms with Crippen LogP contribution in [0.5, 0.6) is 0 Å². The van der Waals surface area contributed by atoms with E-state index in [0.29, 0.717) is 23.6 Å². The molecule has 1 fully saturated rings. The van der Waals surface area contributed by atoms with Gasteiger partial charge in [-0.25, -0.2) is 0 Å². The molecule has 0 aromatic heterocycles. The third-order valence-corrected chi connectivity index (χ3v) is 5.64. The molecule has 1 N–H and O–H groups in total. The first-order valence-electron chi connectivity index (χ1n) is 7.71. The molecule has 1 aromatic rings. The van der Waals surface area contributed by atoms with E-state index in [1.54, 1.807) is 0 Å². The van der Waals surface area contributed by atoms with Gasteiger partial charge in [-0.15, -0.1) is 0 Å². The summed E-state index contributed by atoms with van der Waals surface area (Å²) in [6.45, 7) is 9.52. The van der Waals surface area contributed by atoms with Crippen molar-refractivity contribution in [3.63, 3.8) is 0 Å². The van der Waals surface area contributed by atoms with Gasteiger partial charge in [0.1, 0.15) is 5.84 Å². The molecule has 0 heterocycles. The van der Waals surface area contributed by atoms with Gasteiger partial charge < -0.3 is 4.90 Å². The highest BCUT2D eigenvalue weighted by atomic mass is 15.1. The second-order valence-corrected chi connectivity index (χ2v) is 6.79. The molecular weight excluding hydrogens is 244 g/mol. The van der Waals surface area contributed by atoms with Crippen molar-refractivity contribution in [1.29, 1.82) is 5.41 Å². The predicted molar refractivity (Wildman–Crippen MR) is 86.4 cm³/mol. The van der Waals surface area contributed by atoms with E-state index in [0.717, 1.165) is 17.4 Å². The standard InChI is InChI=1S/C18H28N2/c1-11-12(2)14(4)17(13(11)3)15-9-7-8-10-16(15)18(19)20(5)6/h7-14,17,19H,1-6H3. The zero-order valence-electron chi connectivity index (χ0n) is 13.6. The first kappa shape index (κ1) is 15.1. The van der Waals surface area contributed by atoms with Crippen molar-refractivity contribution in [2.24, 2.45) is 23.7 Å². The number of rotatable bonds is 2. The van der Waals surface area contributed by atoms with Crippen LogP contribution >= 0.6 is 0 Å². The molecule has 1 aliphatic carbocycles. The zero-order chi connectivity index (χ0) is 15.0. The molecule has 1 aromatic carbocycles. The van der Waals surface area contributed by atoms with Crippen molar-refractivity contribution >= 4 is 5.84 Å². The molecule has 2 rings (SSSR count). The summed E-state index contributed by atoms with van der Waals surface area (Å²) in [6.07, 6.45) is 0. The van der Waals surface area contributed by atoms with Crippen LogP contribution in [0.2, 0.25) is 0 Å². The van der Waals surface area contributed by atoms with Gasteiger partial charge in [-0.1, -0.05) is 52.0 Å². The molecule has 20 heavy (non-hydrogen) atoms. The van der Waals surface area contributed by atoms with Gasteiger partial charge in [0, 0.05) is 19.7 Å². The molecule has 2 heteroatoms. The highest BCUT2D eigenvalue weighted by Gasteiger charge is 2.42. The van der Waals surface area contributed by atoms with Crippen LogP contribution in [-0.4, -0.2) is 24.8 Å². The predicted octanol–water partition coefficient (Wildman–Crippen LogP) is 4.22. The fourth-order valence-electron chi connectivity index (χ4n) is 3.90. The largest absolute Gasteiger partial charge is 0.363 e. The van der Waals surface area contributed by atoms with E-state index in [-0.39, 0.29) is 0 Å². The summed E-state index contributed by atoms with van der Waals surface area (Å²) in [7, 11) is 3.90. The third-order valence-electron chi connectivity index (χ3n) is 5.64. The third kappa shape index (κ3) is 2.36. The molecule has 1 aliphatic rings. The lowest BCUT2D eigenvalue weighted by atomic mass is 9.80. The van der Waals surface area contributed by atoms with E-state index in [2.05, 4.69) is 45.9 Å². The van der Waals surface area contributed by atoms with Gasteiger partial charge in [0.25, 0.3) is 0 Å². The Kier molecular flexibility index (Phi) is 4.22. The molecule has 0 aliphatic heterocycles. The van der Waals surface area contributed by atoms with Crippen LogP contribution in [0, 0.1) is 29.1 Å². The summed E-state index contributed by atoms with van der Waals surface area (Å²) in [5.41, 5.74) is 2.46. The van der Waals surface area contributed by atoms with Crippen LogP contribution in [0.25, 0.3) is 0 Å². The van der Waals surface area contributed by atoms with Crippen molar-refractivity contribution in [3.05, 3.63) is 35.4 Å². The molecule has 110 valence electrons. The minimum Gasteiger partial charge on any atom is -0.363 e. The summed E-state index contributed by atoms with van der Waals surface area (Å²) in [4.78, 5) is 1.90. The number of benzene rings is 1. The Morgan fingerprint density at radius 1 is 0.900 bits per heavy atom. The monoisotopic (exact) mass is 272 g/mol. The molecule has 0 radical (unpaired) electrons. The van der Waals surface area contributed by atoms with Crippen LogP contribution in [0.1, 0.15) is 44.7 Å². The molecule has 0 amide bonds. The first-order valence-corrected chi connectivity index (χ1v) is 7.71. The van der Waals surface area contributed by atoms with Gasteiger partial charge in [0.05, 0.1) is 0 Å². The van der Waals surface area contributed by atoms with E-state index in [9.17, 15) is 0 Å². The quantitative estimate of drug-likeness (QED) is 0.633. The first-order chi connectivity index (χ1) is 9.36. The van der Waals surface area contributed by atoms with Crippen LogP contribution in [-0.2, 0) is 0 Å². The zero-order valence-corrected chi connectivity index (χ0v) is 13.6. The van der Waals surface area contributed by atoms with Gasteiger partial charge in [-0.05, 0) is 35.2 Å². The molecule has 0 spiro atoms. The van der Waals surface area contributed by atoms with Crippen LogP contribution in [0.15, 0.2) is 24.3 Å². The van der Waals surface area contributed by atoms with E-state index in [4.69, 9.17) is 5.41 Å². The highest BCUT2D eigenvalue weighted by molar-refractivity contribution is 5.97. The Morgan fingerprint density at radius 2 is 1.40 bits per heavy atom. The average molecular weight is 272 g/mol. The topological polar surface area (TPSA) is 27.1 Å². The number of nitrogens with zero attached hydrogens (tertiary/aromatic N) is 1.